The smallest absolute Gasteiger partial charge is 0.352 e. The number of carbonyl (C=O) groups is 1. The Balaban J connectivity index is 2.20. The van der Waals surface area contributed by atoms with E-state index in [0.717, 1.165) is 48.1 Å². The second-order valence-corrected chi connectivity index (χ2v) is 6.04. The van der Waals surface area contributed by atoms with Crippen molar-refractivity contribution in [1.82, 2.24) is 15.2 Å². The van der Waals surface area contributed by atoms with Crippen molar-refractivity contribution in [3.63, 3.8) is 0 Å². The summed E-state index contributed by atoms with van der Waals surface area (Å²) < 4.78 is 0. The summed E-state index contributed by atoms with van der Waals surface area (Å²) in [5.41, 5.74) is 8.74. The maximum atomic E-state index is 11.4. The zero-order valence-corrected chi connectivity index (χ0v) is 13.9. The molecule has 0 unspecified atom stereocenters. The molecule has 1 heterocycles. The fourth-order valence-electron chi connectivity index (χ4n) is 2.66. The first-order valence-corrected chi connectivity index (χ1v) is 7.95. The highest BCUT2D eigenvalue weighted by Crippen LogP contribution is 2.25. The van der Waals surface area contributed by atoms with Gasteiger partial charge in [0.15, 0.2) is 0 Å². The first-order valence-electron chi connectivity index (χ1n) is 7.95. The molecule has 2 aromatic rings. The van der Waals surface area contributed by atoms with Crippen LogP contribution in [-0.2, 0) is 13.0 Å². The quantitative estimate of drug-likeness (QED) is 0.525. The van der Waals surface area contributed by atoms with Gasteiger partial charge in [0, 0.05) is 30.5 Å². The molecule has 0 aliphatic heterocycles. The first-order chi connectivity index (χ1) is 11.0. The molecule has 0 bridgehead atoms. The van der Waals surface area contributed by atoms with E-state index in [1.807, 2.05) is 26.2 Å². The van der Waals surface area contributed by atoms with E-state index in [-0.39, 0.29) is 5.69 Å². The number of rotatable bonds is 9. The van der Waals surface area contributed by atoms with Gasteiger partial charge in [0.2, 0.25) is 0 Å². The molecule has 1 aromatic carbocycles. The number of carboxylic acids is 1. The van der Waals surface area contributed by atoms with Crippen molar-refractivity contribution in [2.75, 3.05) is 33.7 Å². The van der Waals surface area contributed by atoms with Crippen LogP contribution in [0.3, 0.4) is 0 Å². The summed E-state index contributed by atoms with van der Waals surface area (Å²) in [5.74, 6) is -0.918. The molecule has 126 valence electrons. The third-order valence-electron chi connectivity index (χ3n) is 3.88. The second-order valence-electron chi connectivity index (χ2n) is 6.04. The number of aromatic nitrogens is 1. The van der Waals surface area contributed by atoms with Crippen LogP contribution < -0.4 is 11.1 Å². The number of hydrogen-bond donors (Lipinski definition) is 4. The third-order valence-corrected chi connectivity index (χ3v) is 3.88. The van der Waals surface area contributed by atoms with Crippen LogP contribution in [0.5, 0.6) is 0 Å². The van der Waals surface area contributed by atoms with Crippen molar-refractivity contribution < 1.29 is 9.90 Å². The molecule has 0 amide bonds. The number of nitrogens with two attached hydrogens (primary N) is 1. The number of H-pyrrole nitrogens is 1. The Morgan fingerprint density at radius 2 is 2.17 bits per heavy atom. The van der Waals surface area contributed by atoms with E-state index in [4.69, 9.17) is 5.73 Å². The highest BCUT2D eigenvalue weighted by Gasteiger charge is 2.16. The van der Waals surface area contributed by atoms with Gasteiger partial charge in [-0.1, -0.05) is 6.07 Å². The van der Waals surface area contributed by atoms with E-state index in [2.05, 4.69) is 21.3 Å². The van der Waals surface area contributed by atoms with Crippen LogP contribution in [0, 0.1) is 0 Å². The van der Waals surface area contributed by atoms with Gasteiger partial charge in [0.25, 0.3) is 0 Å². The summed E-state index contributed by atoms with van der Waals surface area (Å²) in [5, 5.41) is 13.8. The maximum Gasteiger partial charge on any atom is 0.352 e. The van der Waals surface area contributed by atoms with Gasteiger partial charge >= 0.3 is 5.97 Å². The molecule has 5 N–H and O–H groups in total. The molecule has 6 nitrogen and oxygen atoms in total. The number of nitrogens with zero attached hydrogens (tertiary/aromatic N) is 1. The van der Waals surface area contributed by atoms with Crippen LogP contribution in [0.2, 0.25) is 0 Å². The molecule has 0 radical (unpaired) electrons. The van der Waals surface area contributed by atoms with Gasteiger partial charge in [0.1, 0.15) is 5.69 Å². The molecule has 2 rings (SSSR count). The molecule has 0 atom stereocenters. The van der Waals surface area contributed by atoms with E-state index in [0.29, 0.717) is 13.0 Å². The van der Waals surface area contributed by atoms with Crippen LogP contribution in [-0.4, -0.2) is 54.7 Å². The van der Waals surface area contributed by atoms with Crippen LogP contribution in [0.4, 0.5) is 0 Å². The Morgan fingerprint density at radius 3 is 2.83 bits per heavy atom. The predicted molar refractivity (Wildman–Crippen MR) is 92.9 cm³/mol. The number of carboxylic acid groups (broad SMARTS) is 1. The SMILES string of the molecule is CN(C)CCNCc1ccc2[nH]c(C(=O)O)c(CCCN)c2c1. The molecule has 0 saturated heterocycles. The zero-order valence-electron chi connectivity index (χ0n) is 13.9. The fourth-order valence-corrected chi connectivity index (χ4v) is 2.66. The van der Waals surface area contributed by atoms with Gasteiger partial charge in [0.05, 0.1) is 0 Å². The highest BCUT2D eigenvalue weighted by atomic mass is 16.4. The number of benzene rings is 1. The molecular weight excluding hydrogens is 292 g/mol. The van der Waals surface area contributed by atoms with Crippen LogP contribution in [0.1, 0.15) is 28.0 Å². The minimum atomic E-state index is -0.918. The average molecular weight is 318 g/mol. The van der Waals surface area contributed by atoms with Crippen molar-refractivity contribution in [1.29, 1.82) is 0 Å². The lowest BCUT2D eigenvalue weighted by Gasteiger charge is -2.10. The first kappa shape index (κ1) is 17.5. The van der Waals surface area contributed by atoms with Gasteiger partial charge in [-0.05, 0) is 56.7 Å². The number of aromatic amines is 1. The average Bonchev–Trinajstić information content (AvgIpc) is 2.87. The molecule has 6 heteroatoms. The number of likely N-dealkylation sites (N-methyl/N-ethyl adjacent to an activating group) is 1. The molecule has 0 fully saturated rings. The molecule has 0 saturated carbocycles. The normalized spacial score (nSPS) is 11.5. The summed E-state index contributed by atoms with van der Waals surface area (Å²) >= 11 is 0. The number of hydrogen-bond acceptors (Lipinski definition) is 4. The summed E-state index contributed by atoms with van der Waals surface area (Å²) in [6.45, 7) is 3.22. The zero-order chi connectivity index (χ0) is 16.8. The van der Waals surface area contributed by atoms with Crippen LogP contribution in [0.25, 0.3) is 10.9 Å². The Morgan fingerprint density at radius 1 is 1.39 bits per heavy atom. The van der Waals surface area contributed by atoms with Gasteiger partial charge < -0.3 is 26.0 Å². The summed E-state index contributed by atoms with van der Waals surface area (Å²) in [6, 6.07) is 6.06. The Hall–Kier alpha value is -1.89. The van der Waals surface area contributed by atoms with Crippen LogP contribution >= 0.6 is 0 Å². The summed E-state index contributed by atoms with van der Waals surface area (Å²) in [7, 11) is 4.09. The lowest BCUT2D eigenvalue weighted by molar-refractivity contribution is 0.0690. The highest BCUT2D eigenvalue weighted by molar-refractivity contribution is 5.97. The second kappa shape index (κ2) is 8.10. The standard InChI is InChI=1S/C17H26N4O2/c1-21(2)9-8-19-11-12-5-6-15-14(10-12)13(4-3-7-18)16(20-15)17(22)23/h5-6,10,19-20H,3-4,7-9,11,18H2,1-2H3,(H,22,23). The summed E-state index contributed by atoms with van der Waals surface area (Å²) in [6.07, 6.45) is 1.45. The maximum absolute atomic E-state index is 11.4. The van der Waals surface area contributed by atoms with E-state index in [1.54, 1.807) is 0 Å². The van der Waals surface area contributed by atoms with Gasteiger partial charge in [-0.15, -0.1) is 0 Å². The van der Waals surface area contributed by atoms with Gasteiger partial charge in [-0.2, -0.15) is 0 Å². The third kappa shape index (κ3) is 4.54. The number of nitrogens with one attached hydrogen (secondary N) is 2. The molecule has 0 aliphatic carbocycles. The van der Waals surface area contributed by atoms with Crippen molar-refractivity contribution in [3.05, 3.63) is 35.0 Å². The largest absolute Gasteiger partial charge is 0.477 e. The Bertz CT molecular complexity index is 664. The van der Waals surface area contributed by atoms with Gasteiger partial charge in [-0.25, -0.2) is 4.79 Å². The van der Waals surface area contributed by atoms with Crippen molar-refractivity contribution in [2.45, 2.75) is 19.4 Å². The number of aromatic carboxylic acids is 1. The Kier molecular flexibility index (Phi) is 6.15. The monoisotopic (exact) mass is 318 g/mol. The van der Waals surface area contributed by atoms with Crippen molar-refractivity contribution in [2.24, 2.45) is 5.73 Å². The minimum Gasteiger partial charge on any atom is -0.477 e. The minimum absolute atomic E-state index is 0.283. The number of aryl methyl sites for hydroxylation is 1. The van der Waals surface area contributed by atoms with E-state index >= 15 is 0 Å². The van der Waals surface area contributed by atoms with E-state index in [1.165, 1.54) is 0 Å². The molecule has 0 aliphatic rings. The molecule has 23 heavy (non-hydrogen) atoms. The van der Waals surface area contributed by atoms with E-state index < -0.39 is 5.97 Å². The predicted octanol–water partition coefficient (Wildman–Crippen LogP) is 1.41. The molecule has 1 aromatic heterocycles. The van der Waals surface area contributed by atoms with Crippen LogP contribution in [0.15, 0.2) is 18.2 Å². The van der Waals surface area contributed by atoms with E-state index in [9.17, 15) is 9.90 Å². The Labute approximate surface area is 136 Å². The number of fused-ring (bicyclic) bond motifs is 1. The fraction of sp³-hybridized carbons (Fsp3) is 0.471. The van der Waals surface area contributed by atoms with Crippen molar-refractivity contribution in [3.8, 4) is 0 Å². The lowest BCUT2D eigenvalue weighted by atomic mass is 10.0. The lowest BCUT2D eigenvalue weighted by Crippen LogP contribution is -2.26. The molecular formula is C17H26N4O2. The van der Waals surface area contributed by atoms with Gasteiger partial charge in [-0.3, -0.25) is 0 Å². The topological polar surface area (TPSA) is 94.4 Å². The molecule has 0 spiro atoms. The van der Waals surface area contributed by atoms with Crippen molar-refractivity contribution >= 4 is 16.9 Å². The summed E-state index contributed by atoms with van der Waals surface area (Å²) in [4.78, 5) is 16.6.